The zero-order chi connectivity index (χ0) is 16.1. The maximum absolute atomic E-state index is 13.1. The first-order valence-corrected chi connectivity index (χ1v) is 8.95. The third-order valence-corrected chi connectivity index (χ3v) is 5.94. The molecule has 2 saturated heterocycles. The summed E-state index contributed by atoms with van der Waals surface area (Å²) in [6.45, 7) is 5.02. The van der Waals surface area contributed by atoms with Crippen LogP contribution < -0.4 is 5.73 Å². The van der Waals surface area contributed by atoms with Crippen LogP contribution in [-0.4, -0.2) is 33.4 Å². The van der Waals surface area contributed by atoms with Gasteiger partial charge in [0.2, 0.25) is 5.95 Å². The summed E-state index contributed by atoms with van der Waals surface area (Å²) in [5, 5.41) is 0. The summed E-state index contributed by atoms with van der Waals surface area (Å²) in [7, 11) is 0. The molecule has 4 fully saturated rings. The molecule has 1 aromatic heterocycles. The van der Waals surface area contributed by atoms with E-state index in [0.29, 0.717) is 17.7 Å². The summed E-state index contributed by atoms with van der Waals surface area (Å²) >= 11 is 0. The van der Waals surface area contributed by atoms with Crippen molar-refractivity contribution in [2.24, 2.45) is 17.8 Å². The first-order chi connectivity index (χ1) is 11.0. The van der Waals surface area contributed by atoms with Crippen LogP contribution in [0.1, 0.15) is 68.1 Å². The average Bonchev–Trinajstić information content (AvgIpc) is 2.69. The molecular weight excluding hydrogens is 288 g/mol. The van der Waals surface area contributed by atoms with Gasteiger partial charge in [-0.1, -0.05) is 13.8 Å². The van der Waals surface area contributed by atoms with E-state index in [1.165, 1.54) is 32.1 Å². The topological polar surface area (TPSA) is 72.1 Å². The van der Waals surface area contributed by atoms with Gasteiger partial charge in [-0.3, -0.25) is 4.79 Å². The second-order valence-corrected chi connectivity index (χ2v) is 8.08. The molecule has 2 aliphatic carbocycles. The van der Waals surface area contributed by atoms with E-state index in [1.54, 1.807) is 0 Å². The van der Waals surface area contributed by atoms with E-state index < -0.39 is 0 Å². The number of anilines is 1. The summed E-state index contributed by atoms with van der Waals surface area (Å²) < 4.78 is 0. The third kappa shape index (κ3) is 2.70. The smallest absolute Gasteiger partial charge is 0.272 e. The minimum absolute atomic E-state index is 0.0548. The Bertz CT molecular complexity index is 615. The summed E-state index contributed by atoms with van der Waals surface area (Å²) in [6, 6.07) is 2.23. The zero-order valence-electron chi connectivity index (χ0n) is 14.0. The number of nitrogen functional groups attached to an aromatic ring is 1. The highest BCUT2D eigenvalue weighted by atomic mass is 16.2. The Morgan fingerprint density at radius 3 is 2.43 bits per heavy atom. The molecule has 2 N–H and O–H groups in total. The molecule has 5 rings (SSSR count). The normalized spacial score (nSPS) is 32.4. The molecule has 124 valence electrons. The van der Waals surface area contributed by atoms with Crippen LogP contribution in [-0.2, 0) is 0 Å². The van der Waals surface area contributed by atoms with Gasteiger partial charge in [0.25, 0.3) is 5.91 Å². The Morgan fingerprint density at radius 1 is 1.13 bits per heavy atom. The van der Waals surface area contributed by atoms with Crippen molar-refractivity contribution in [3.05, 3.63) is 17.5 Å². The van der Waals surface area contributed by atoms with E-state index in [-0.39, 0.29) is 17.8 Å². The number of rotatable bonds is 2. The van der Waals surface area contributed by atoms with Crippen LogP contribution in [0.5, 0.6) is 0 Å². The number of hydrogen-bond donors (Lipinski definition) is 1. The Morgan fingerprint density at radius 2 is 1.78 bits per heavy atom. The standard InChI is InChI=1S/C18H26N4O/c1-10(2)15-8-16(21-18(19)20-15)17(23)22-9-13-4-11-3-12(5-13)7-14(22)6-11/h8,10-14H,3-7,9H2,1-2H3,(H2,19,20,21). The van der Waals surface area contributed by atoms with Gasteiger partial charge >= 0.3 is 0 Å². The number of fused-ring (bicyclic) bond motifs is 1. The van der Waals surface area contributed by atoms with Crippen molar-refractivity contribution in [3.63, 3.8) is 0 Å². The van der Waals surface area contributed by atoms with Gasteiger partial charge in [0.15, 0.2) is 0 Å². The molecule has 0 radical (unpaired) electrons. The largest absolute Gasteiger partial charge is 0.368 e. The average molecular weight is 314 g/mol. The maximum atomic E-state index is 13.1. The van der Waals surface area contributed by atoms with E-state index in [4.69, 9.17) is 5.73 Å². The fourth-order valence-electron chi connectivity index (χ4n) is 5.07. The molecule has 2 unspecified atom stereocenters. The lowest BCUT2D eigenvalue weighted by molar-refractivity contribution is 0.0626. The van der Waals surface area contributed by atoms with Gasteiger partial charge in [0.1, 0.15) is 5.69 Å². The van der Waals surface area contributed by atoms with Crippen LogP contribution in [0.2, 0.25) is 0 Å². The SMILES string of the molecule is CC(C)c1cc(C(=O)N2CC3CC4CC(C3)CC2C4)nc(N)n1. The Hall–Kier alpha value is -1.65. The molecule has 3 heterocycles. The lowest BCUT2D eigenvalue weighted by Gasteiger charge is -2.38. The summed E-state index contributed by atoms with van der Waals surface area (Å²) in [5.41, 5.74) is 7.16. The number of nitrogens with two attached hydrogens (primary N) is 1. The Kier molecular flexibility index (Phi) is 3.54. The van der Waals surface area contributed by atoms with E-state index >= 15 is 0 Å². The Balaban J connectivity index is 1.64. The summed E-state index contributed by atoms with van der Waals surface area (Å²) in [6.07, 6.45) is 6.35. The zero-order valence-corrected chi connectivity index (χ0v) is 14.0. The molecule has 23 heavy (non-hydrogen) atoms. The molecule has 1 amide bonds. The lowest BCUT2D eigenvalue weighted by Crippen LogP contribution is -2.42. The summed E-state index contributed by atoms with van der Waals surface area (Å²) in [5.74, 6) is 2.84. The second-order valence-electron chi connectivity index (χ2n) is 8.08. The molecule has 4 aliphatic rings. The van der Waals surface area contributed by atoms with Crippen molar-refractivity contribution in [2.45, 2.75) is 57.9 Å². The molecule has 0 aromatic carbocycles. The molecule has 4 bridgehead atoms. The molecule has 2 atom stereocenters. The first kappa shape index (κ1) is 14.9. The molecule has 1 aromatic rings. The number of carbonyl (C=O) groups excluding carboxylic acids is 1. The quantitative estimate of drug-likeness (QED) is 0.911. The third-order valence-electron chi connectivity index (χ3n) is 5.94. The summed E-state index contributed by atoms with van der Waals surface area (Å²) in [4.78, 5) is 23.7. The number of amides is 1. The Labute approximate surface area is 137 Å². The van der Waals surface area contributed by atoms with Crippen LogP contribution in [0.25, 0.3) is 0 Å². The van der Waals surface area contributed by atoms with Gasteiger partial charge in [0, 0.05) is 18.3 Å². The van der Waals surface area contributed by atoms with E-state index in [9.17, 15) is 4.79 Å². The van der Waals surface area contributed by atoms with Crippen molar-refractivity contribution < 1.29 is 4.79 Å². The lowest BCUT2D eigenvalue weighted by atomic mass is 9.68. The fourth-order valence-corrected chi connectivity index (χ4v) is 5.07. The number of hydrogen-bond acceptors (Lipinski definition) is 4. The van der Waals surface area contributed by atoms with Gasteiger partial charge in [-0.05, 0) is 61.8 Å². The first-order valence-electron chi connectivity index (χ1n) is 8.95. The minimum Gasteiger partial charge on any atom is -0.368 e. The highest BCUT2D eigenvalue weighted by Gasteiger charge is 2.44. The monoisotopic (exact) mass is 314 g/mol. The minimum atomic E-state index is 0.0548. The van der Waals surface area contributed by atoms with Crippen molar-refractivity contribution >= 4 is 11.9 Å². The number of aromatic nitrogens is 2. The van der Waals surface area contributed by atoms with E-state index in [1.807, 2.05) is 6.07 Å². The van der Waals surface area contributed by atoms with Gasteiger partial charge in [-0.15, -0.1) is 0 Å². The highest BCUT2D eigenvalue weighted by Crippen LogP contribution is 2.47. The number of nitrogens with zero attached hydrogens (tertiary/aromatic N) is 3. The van der Waals surface area contributed by atoms with E-state index in [0.717, 1.165) is 24.1 Å². The van der Waals surface area contributed by atoms with Crippen LogP contribution in [0, 0.1) is 17.8 Å². The molecule has 5 nitrogen and oxygen atoms in total. The van der Waals surface area contributed by atoms with Gasteiger partial charge < -0.3 is 10.6 Å². The van der Waals surface area contributed by atoms with Gasteiger partial charge in [0.05, 0.1) is 0 Å². The molecule has 2 aliphatic heterocycles. The molecular formula is C18H26N4O. The van der Waals surface area contributed by atoms with Crippen molar-refractivity contribution in [1.29, 1.82) is 0 Å². The second kappa shape index (κ2) is 5.46. The fraction of sp³-hybridized carbons (Fsp3) is 0.722. The van der Waals surface area contributed by atoms with Crippen LogP contribution in [0.3, 0.4) is 0 Å². The van der Waals surface area contributed by atoms with E-state index in [2.05, 4.69) is 28.7 Å². The van der Waals surface area contributed by atoms with Crippen molar-refractivity contribution in [1.82, 2.24) is 14.9 Å². The van der Waals surface area contributed by atoms with Crippen molar-refractivity contribution in [3.8, 4) is 0 Å². The van der Waals surface area contributed by atoms with Gasteiger partial charge in [-0.25, -0.2) is 9.97 Å². The molecule has 5 heteroatoms. The van der Waals surface area contributed by atoms with Crippen molar-refractivity contribution in [2.75, 3.05) is 12.3 Å². The molecule has 2 saturated carbocycles. The number of carbonyl (C=O) groups is 1. The predicted octanol–water partition coefficient (Wildman–Crippen LogP) is 2.83. The van der Waals surface area contributed by atoms with Crippen LogP contribution in [0.4, 0.5) is 5.95 Å². The highest BCUT2D eigenvalue weighted by molar-refractivity contribution is 5.93. The van der Waals surface area contributed by atoms with Gasteiger partial charge in [-0.2, -0.15) is 0 Å². The van der Waals surface area contributed by atoms with Crippen LogP contribution >= 0.6 is 0 Å². The predicted molar refractivity (Wildman–Crippen MR) is 88.9 cm³/mol. The van der Waals surface area contributed by atoms with Crippen LogP contribution in [0.15, 0.2) is 6.07 Å². The molecule has 0 spiro atoms. The maximum Gasteiger partial charge on any atom is 0.272 e.